The fourth-order valence-electron chi connectivity index (χ4n) is 2.04. The number of ether oxygens (including phenoxy) is 1. The first-order valence-electron chi connectivity index (χ1n) is 6.54. The molecule has 0 radical (unpaired) electrons. The molecule has 114 valence electrons. The molecule has 0 aliphatic carbocycles. The van der Waals surface area contributed by atoms with Crippen molar-refractivity contribution in [1.82, 2.24) is 0 Å². The smallest absolute Gasteiger partial charge is 0.340 e. The molecule has 2 aromatic carbocycles. The molecule has 0 atom stereocenters. The second kappa shape index (κ2) is 7.75. The van der Waals surface area contributed by atoms with Gasteiger partial charge in [-0.2, -0.15) is 10.5 Å². The SMILES string of the molecule is Cc1c(I)c(I)c(C(=O)OCc2ccccc2)c(C#N)c1C#N. The normalized spacial score (nSPS) is 9.78. The van der Waals surface area contributed by atoms with Gasteiger partial charge in [-0.05, 0) is 63.2 Å². The molecule has 6 heteroatoms. The van der Waals surface area contributed by atoms with Gasteiger partial charge < -0.3 is 4.74 Å². The predicted octanol–water partition coefficient (Wildman–Crippen LogP) is 4.30. The Balaban J connectivity index is 2.43. The second-order valence-electron chi connectivity index (χ2n) is 4.66. The highest BCUT2D eigenvalue weighted by molar-refractivity contribution is 14.1. The number of rotatable bonds is 3. The quantitative estimate of drug-likeness (QED) is 0.440. The van der Waals surface area contributed by atoms with Crippen LogP contribution >= 0.6 is 45.2 Å². The Hall–Kier alpha value is -1.65. The lowest BCUT2D eigenvalue weighted by atomic mass is 9.98. The summed E-state index contributed by atoms with van der Waals surface area (Å²) in [6, 6.07) is 13.3. The summed E-state index contributed by atoms with van der Waals surface area (Å²) in [6.45, 7) is 1.88. The van der Waals surface area contributed by atoms with E-state index in [9.17, 15) is 15.3 Å². The number of carbonyl (C=O) groups excluding carboxylic acids is 1. The number of nitriles is 2. The van der Waals surface area contributed by atoms with Crippen LogP contribution in [0.15, 0.2) is 30.3 Å². The standard InChI is InChI=1S/C17H10I2N2O2/c1-10-12(7-20)13(8-21)14(16(19)15(10)18)17(22)23-9-11-5-3-2-4-6-11/h2-6H,9H2,1H3. The predicted molar refractivity (Wildman–Crippen MR) is 102 cm³/mol. The average Bonchev–Trinajstić information content (AvgIpc) is 2.58. The Kier molecular flexibility index (Phi) is 5.97. The number of halogens is 2. The van der Waals surface area contributed by atoms with Crippen molar-refractivity contribution in [2.75, 3.05) is 0 Å². The zero-order valence-electron chi connectivity index (χ0n) is 12.1. The van der Waals surface area contributed by atoms with E-state index in [1.54, 1.807) is 6.92 Å². The van der Waals surface area contributed by atoms with Gasteiger partial charge in [0.05, 0.1) is 16.7 Å². The van der Waals surface area contributed by atoms with Gasteiger partial charge in [0.25, 0.3) is 0 Å². The summed E-state index contributed by atoms with van der Waals surface area (Å²) < 4.78 is 6.74. The molecule has 0 spiro atoms. The maximum atomic E-state index is 12.5. The van der Waals surface area contributed by atoms with Crippen LogP contribution in [0.4, 0.5) is 0 Å². The molecule has 0 aromatic heterocycles. The Bertz CT molecular complexity index is 850. The van der Waals surface area contributed by atoms with Gasteiger partial charge in [0, 0.05) is 7.14 Å². The fraction of sp³-hybridized carbons (Fsp3) is 0.118. The lowest BCUT2D eigenvalue weighted by Gasteiger charge is -2.13. The summed E-state index contributed by atoms with van der Waals surface area (Å²) in [7, 11) is 0. The fourth-order valence-corrected chi connectivity index (χ4v) is 3.48. The molecular weight excluding hydrogens is 518 g/mol. The molecule has 0 aliphatic heterocycles. The van der Waals surface area contributed by atoms with Crippen LogP contribution in [0.5, 0.6) is 0 Å². The Morgan fingerprint density at radius 2 is 1.70 bits per heavy atom. The van der Waals surface area contributed by atoms with Crippen molar-refractivity contribution in [2.24, 2.45) is 0 Å². The monoisotopic (exact) mass is 528 g/mol. The van der Waals surface area contributed by atoms with E-state index in [2.05, 4.69) is 22.6 Å². The lowest BCUT2D eigenvalue weighted by Crippen LogP contribution is -2.13. The zero-order valence-corrected chi connectivity index (χ0v) is 16.4. The van der Waals surface area contributed by atoms with Crippen LogP contribution in [0.25, 0.3) is 0 Å². The molecule has 0 unspecified atom stereocenters. The van der Waals surface area contributed by atoms with Crippen molar-refractivity contribution < 1.29 is 9.53 Å². The maximum Gasteiger partial charge on any atom is 0.340 e. The van der Waals surface area contributed by atoms with E-state index in [1.165, 1.54) is 0 Å². The third-order valence-electron chi connectivity index (χ3n) is 3.26. The van der Waals surface area contributed by atoms with Gasteiger partial charge in [0.1, 0.15) is 18.7 Å². The van der Waals surface area contributed by atoms with E-state index in [1.807, 2.05) is 65.1 Å². The van der Waals surface area contributed by atoms with Gasteiger partial charge in [-0.3, -0.25) is 0 Å². The summed E-state index contributed by atoms with van der Waals surface area (Å²) >= 11 is 4.09. The van der Waals surface area contributed by atoms with E-state index < -0.39 is 5.97 Å². The summed E-state index contributed by atoms with van der Waals surface area (Å²) in [4.78, 5) is 12.5. The third kappa shape index (κ3) is 3.65. The highest BCUT2D eigenvalue weighted by atomic mass is 127. The first kappa shape index (κ1) is 17.7. The first-order chi connectivity index (χ1) is 11.0. The largest absolute Gasteiger partial charge is 0.457 e. The molecule has 23 heavy (non-hydrogen) atoms. The lowest BCUT2D eigenvalue weighted by molar-refractivity contribution is 0.0471. The molecule has 2 aromatic rings. The molecule has 0 aliphatic rings. The van der Waals surface area contributed by atoms with Gasteiger partial charge in [0.2, 0.25) is 0 Å². The molecule has 0 N–H and O–H groups in total. The Morgan fingerprint density at radius 3 is 2.26 bits per heavy atom. The van der Waals surface area contributed by atoms with Crippen LogP contribution in [0.2, 0.25) is 0 Å². The summed E-state index contributed by atoms with van der Waals surface area (Å²) in [5.74, 6) is -0.593. The number of nitrogens with zero attached hydrogens (tertiary/aromatic N) is 2. The van der Waals surface area contributed by atoms with Crippen molar-refractivity contribution in [3.05, 3.63) is 65.3 Å². The molecule has 4 nitrogen and oxygen atoms in total. The van der Waals surface area contributed by atoms with E-state index >= 15 is 0 Å². The van der Waals surface area contributed by atoms with Crippen LogP contribution < -0.4 is 0 Å². The molecule has 2 rings (SSSR count). The highest BCUT2D eigenvalue weighted by Crippen LogP contribution is 2.30. The molecule has 0 saturated heterocycles. The van der Waals surface area contributed by atoms with Crippen LogP contribution in [0.1, 0.15) is 32.6 Å². The van der Waals surface area contributed by atoms with Gasteiger partial charge in [-0.15, -0.1) is 0 Å². The van der Waals surface area contributed by atoms with E-state index in [0.717, 1.165) is 9.13 Å². The first-order valence-corrected chi connectivity index (χ1v) is 8.69. The van der Waals surface area contributed by atoms with E-state index in [-0.39, 0.29) is 23.3 Å². The third-order valence-corrected chi connectivity index (χ3v) is 6.72. The van der Waals surface area contributed by atoms with Crippen LogP contribution in [0, 0.1) is 36.7 Å². The minimum Gasteiger partial charge on any atom is -0.457 e. The Labute approximate surface area is 161 Å². The van der Waals surface area contributed by atoms with Crippen molar-refractivity contribution in [2.45, 2.75) is 13.5 Å². The number of hydrogen-bond donors (Lipinski definition) is 0. The second-order valence-corrected chi connectivity index (χ2v) is 6.82. The Morgan fingerprint density at radius 1 is 1.09 bits per heavy atom. The highest BCUT2D eigenvalue weighted by Gasteiger charge is 2.25. The topological polar surface area (TPSA) is 73.9 Å². The average molecular weight is 528 g/mol. The van der Waals surface area contributed by atoms with Crippen molar-refractivity contribution in [1.29, 1.82) is 10.5 Å². The molecule has 0 heterocycles. The van der Waals surface area contributed by atoms with Crippen molar-refractivity contribution in [3.63, 3.8) is 0 Å². The molecule has 0 saturated carbocycles. The van der Waals surface area contributed by atoms with Crippen molar-refractivity contribution in [3.8, 4) is 12.1 Å². The summed E-state index contributed by atoms with van der Waals surface area (Å²) in [5, 5.41) is 18.7. The van der Waals surface area contributed by atoms with Gasteiger partial charge in [-0.25, -0.2) is 4.79 Å². The van der Waals surface area contributed by atoms with Gasteiger partial charge >= 0.3 is 5.97 Å². The van der Waals surface area contributed by atoms with E-state index in [4.69, 9.17) is 4.74 Å². The molecule has 0 amide bonds. The van der Waals surface area contributed by atoms with Gasteiger partial charge in [-0.1, -0.05) is 30.3 Å². The molecule has 0 fully saturated rings. The van der Waals surface area contributed by atoms with Gasteiger partial charge in [0.15, 0.2) is 0 Å². The number of hydrogen-bond acceptors (Lipinski definition) is 4. The summed E-state index contributed by atoms with van der Waals surface area (Å²) in [5.41, 5.74) is 2.03. The zero-order chi connectivity index (χ0) is 17.0. The minimum absolute atomic E-state index is 0.0767. The van der Waals surface area contributed by atoms with Crippen LogP contribution in [-0.2, 0) is 11.3 Å². The van der Waals surface area contributed by atoms with Crippen molar-refractivity contribution >= 4 is 51.2 Å². The van der Waals surface area contributed by atoms with E-state index in [0.29, 0.717) is 9.13 Å². The summed E-state index contributed by atoms with van der Waals surface area (Å²) in [6.07, 6.45) is 0. The number of benzene rings is 2. The van der Waals surface area contributed by atoms with Crippen LogP contribution in [-0.4, -0.2) is 5.97 Å². The minimum atomic E-state index is -0.593. The maximum absolute atomic E-state index is 12.5. The van der Waals surface area contributed by atoms with Crippen LogP contribution in [0.3, 0.4) is 0 Å². The molecular formula is C17H10I2N2O2. The molecule has 0 bridgehead atoms. The number of carbonyl (C=O) groups is 1. The number of esters is 1.